The van der Waals surface area contributed by atoms with Crippen LogP contribution in [0.2, 0.25) is 0 Å². The van der Waals surface area contributed by atoms with Crippen LogP contribution in [0.3, 0.4) is 0 Å². The van der Waals surface area contributed by atoms with Crippen molar-refractivity contribution >= 4 is 11.6 Å². The van der Waals surface area contributed by atoms with Gasteiger partial charge >= 0.3 is 0 Å². The van der Waals surface area contributed by atoms with E-state index in [0.717, 1.165) is 29.8 Å². The molecule has 0 N–H and O–H groups in total. The minimum absolute atomic E-state index is 0.275. The van der Waals surface area contributed by atoms with Crippen molar-refractivity contribution in [1.82, 2.24) is 15.0 Å². The molecule has 2 aromatic rings. The lowest BCUT2D eigenvalue weighted by atomic mass is 10.2. The molecule has 1 aromatic carbocycles. The van der Waals surface area contributed by atoms with Gasteiger partial charge in [0.15, 0.2) is 0 Å². The van der Waals surface area contributed by atoms with Gasteiger partial charge in [-0.25, -0.2) is 9.07 Å². The van der Waals surface area contributed by atoms with Crippen LogP contribution in [-0.4, -0.2) is 20.9 Å². The predicted octanol–water partition coefficient (Wildman–Crippen LogP) is 2.89. The second-order valence-corrected chi connectivity index (χ2v) is 4.26. The Labute approximate surface area is 104 Å². The zero-order chi connectivity index (χ0) is 12.3. The third kappa shape index (κ3) is 2.82. The van der Waals surface area contributed by atoms with Gasteiger partial charge in [-0.3, -0.25) is 0 Å². The second kappa shape index (κ2) is 5.27. The first-order valence-electron chi connectivity index (χ1n) is 5.44. The van der Waals surface area contributed by atoms with Crippen LogP contribution in [0.5, 0.6) is 0 Å². The summed E-state index contributed by atoms with van der Waals surface area (Å²) in [5.74, 6) is 0.328. The molecule has 0 saturated carbocycles. The quantitative estimate of drug-likeness (QED) is 0.785. The van der Waals surface area contributed by atoms with Crippen molar-refractivity contribution in [2.24, 2.45) is 0 Å². The molecule has 0 unspecified atom stereocenters. The fraction of sp³-hybridized carbons (Fsp3) is 0.333. The lowest BCUT2D eigenvalue weighted by Crippen LogP contribution is -1.98. The highest BCUT2D eigenvalue weighted by Crippen LogP contribution is 2.15. The topological polar surface area (TPSA) is 30.7 Å². The number of nitrogens with zero attached hydrogens (tertiary/aromatic N) is 3. The van der Waals surface area contributed by atoms with E-state index in [9.17, 15) is 4.39 Å². The number of halogens is 2. The molecular formula is C12H13ClFN3. The van der Waals surface area contributed by atoms with Gasteiger partial charge in [-0.15, -0.1) is 16.7 Å². The molecule has 0 amide bonds. The summed E-state index contributed by atoms with van der Waals surface area (Å²) >= 11 is 5.62. The SMILES string of the molecule is Cc1ccc(F)cc1-n1cc(CCCCl)nn1. The lowest BCUT2D eigenvalue weighted by molar-refractivity contribution is 0.624. The van der Waals surface area contributed by atoms with E-state index in [4.69, 9.17) is 11.6 Å². The van der Waals surface area contributed by atoms with Crippen molar-refractivity contribution in [1.29, 1.82) is 0 Å². The standard InChI is InChI=1S/C12H13ClFN3/c1-9-4-5-10(14)7-12(9)17-8-11(15-16-17)3-2-6-13/h4-5,7-8H,2-3,6H2,1H3. The predicted molar refractivity (Wildman–Crippen MR) is 65.1 cm³/mol. The second-order valence-electron chi connectivity index (χ2n) is 3.88. The number of aromatic nitrogens is 3. The van der Waals surface area contributed by atoms with Gasteiger partial charge < -0.3 is 0 Å². The average molecular weight is 254 g/mol. The first-order valence-corrected chi connectivity index (χ1v) is 5.98. The highest BCUT2D eigenvalue weighted by Gasteiger charge is 2.06. The van der Waals surface area contributed by atoms with E-state index in [-0.39, 0.29) is 5.82 Å². The number of benzene rings is 1. The van der Waals surface area contributed by atoms with Crippen LogP contribution < -0.4 is 0 Å². The van der Waals surface area contributed by atoms with E-state index in [1.54, 1.807) is 10.7 Å². The Morgan fingerprint density at radius 1 is 1.41 bits per heavy atom. The van der Waals surface area contributed by atoms with Gasteiger partial charge in [0.05, 0.1) is 17.6 Å². The molecule has 90 valence electrons. The molecule has 0 radical (unpaired) electrons. The highest BCUT2D eigenvalue weighted by molar-refractivity contribution is 6.17. The van der Waals surface area contributed by atoms with Gasteiger partial charge in [0.2, 0.25) is 0 Å². The molecule has 0 bridgehead atoms. The third-order valence-corrected chi connectivity index (χ3v) is 2.79. The number of alkyl halides is 1. The van der Waals surface area contributed by atoms with Gasteiger partial charge in [-0.1, -0.05) is 11.3 Å². The molecule has 0 fully saturated rings. The van der Waals surface area contributed by atoms with Gasteiger partial charge in [0, 0.05) is 5.88 Å². The van der Waals surface area contributed by atoms with E-state index in [2.05, 4.69) is 10.3 Å². The van der Waals surface area contributed by atoms with Crippen LogP contribution >= 0.6 is 11.6 Å². The summed E-state index contributed by atoms with van der Waals surface area (Å²) in [4.78, 5) is 0. The monoisotopic (exact) mass is 253 g/mol. The molecule has 0 saturated heterocycles. The normalized spacial score (nSPS) is 10.8. The number of rotatable bonds is 4. The van der Waals surface area contributed by atoms with Gasteiger partial charge in [-0.2, -0.15) is 0 Å². The Morgan fingerprint density at radius 3 is 3.00 bits per heavy atom. The highest BCUT2D eigenvalue weighted by atomic mass is 35.5. The zero-order valence-corrected chi connectivity index (χ0v) is 10.3. The van der Waals surface area contributed by atoms with Crippen molar-refractivity contribution in [3.05, 3.63) is 41.5 Å². The van der Waals surface area contributed by atoms with Crippen molar-refractivity contribution in [3.63, 3.8) is 0 Å². The number of aryl methyl sites for hydroxylation is 2. The first kappa shape index (κ1) is 12.0. The van der Waals surface area contributed by atoms with Crippen LogP contribution in [-0.2, 0) is 6.42 Å². The third-order valence-electron chi connectivity index (χ3n) is 2.53. The maximum atomic E-state index is 13.2. The van der Waals surface area contributed by atoms with Crippen LogP contribution in [0.15, 0.2) is 24.4 Å². The Bertz CT molecular complexity index is 510. The summed E-state index contributed by atoms with van der Waals surface area (Å²) in [5, 5.41) is 8.03. The van der Waals surface area contributed by atoms with Crippen LogP contribution in [0.4, 0.5) is 4.39 Å². The molecule has 1 heterocycles. The summed E-state index contributed by atoms with van der Waals surface area (Å²) in [5.41, 5.74) is 2.55. The number of hydrogen-bond donors (Lipinski definition) is 0. The summed E-state index contributed by atoms with van der Waals surface area (Å²) in [6.45, 7) is 1.91. The van der Waals surface area contributed by atoms with E-state index in [1.807, 2.05) is 13.1 Å². The fourth-order valence-corrected chi connectivity index (χ4v) is 1.74. The molecule has 0 aliphatic rings. The molecule has 17 heavy (non-hydrogen) atoms. The molecule has 3 nitrogen and oxygen atoms in total. The Balaban J connectivity index is 2.27. The molecule has 0 spiro atoms. The smallest absolute Gasteiger partial charge is 0.125 e. The van der Waals surface area contributed by atoms with E-state index in [1.165, 1.54) is 12.1 Å². The molecule has 0 aliphatic carbocycles. The van der Waals surface area contributed by atoms with Crippen molar-refractivity contribution < 1.29 is 4.39 Å². The van der Waals surface area contributed by atoms with E-state index < -0.39 is 0 Å². The van der Waals surface area contributed by atoms with Crippen molar-refractivity contribution in [2.45, 2.75) is 19.8 Å². The van der Waals surface area contributed by atoms with Crippen LogP contribution in [0, 0.1) is 12.7 Å². The Morgan fingerprint density at radius 2 is 2.24 bits per heavy atom. The minimum Gasteiger partial charge on any atom is -0.220 e. The summed E-state index contributed by atoms with van der Waals surface area (Å²) in [6, 6.07) is 4.62. The zero-order valence-electron chi connectivity index (χ0n) is 9.53. The van der Waals surface area contributed by atoms with Crippen LogP contribution in [0.25, 0.3) is 5.69 Å². The maximum absolute atomic E-state index is 13.2. The largest absolute Gasteiger partial charge is 0.220 e. The molecular weight excluding hydrogens is 241 g/mol. The Kier molecular flexibility index (Phi) is 3.74. The van der Waals surface area contributed by atoms with Gasteiger partial charge in [-0.05, 0) is 37.5 Å². The average Bonchev–Trinajstić information content (AvgIpc) is 2.78. The summed E-state index contributed by atoms with van der Waals surface area (Å²) in [7, 11) is 0. The van der Waals surface area contributed by atoms with Crippen LogP contribution in [0.1, 0.15) is 17.7 Å². The lowest BCUT2D eigenvalue weighted by Gasteiger charge is -2.04. The van der Waals surface area contributed by atoms with E-state index in [0.29, 0.717) is 5.88 Å². The van der Waals surface area contributed by atoms with Gasteiger partial charge in [0.25, 0.3) is 0 Å². The molecule has 0 atom stereocenters. The van der Waals surface area contributed by atoms with Gasteiger partial charge in [0.1, 0.15) is 5.82 Å². The number of hydrogen-bond acceptors (Lipinski definition) is 2. The van der Waals surface area contributed by atoms with Crippen molar-refractivity contribution in [2.75, 3.05) is 5.88 Å². The van der Waals surface area contributed by atoms with Crippen molar-refractivity contribution in [3.8, 4) is 5.69 Å². The molecule has 5 heteroatoms. The maximum Gasteiger partial charge on any atom is 0.125 e. The molecule has 0 aliphatic heterocycles. The first-order chi connectivity index (χ1) is 8.20. The minimum atomic E-state index is -0.275. The molecule has 2 rings (SSSR count). The summed E-state index contributed by atoms with van der Waals surface area (Å²) in [6.07, 6.45) is 3.47. The van der Waals surface area contributed by atoms with E-state index >= 15 is 0 Å². The Hall–Kier alpha value is -1.42. The summed E-state index contributed by atoms with van der Waals surface area (Å²) < 4.78 is 14.8. The molecule has 1 aromatic heterocycles. The fourth-order valence-electron chi connectivity index (χ4n) is 1.61.